The number of nitrogens with one attached hydrogen (secondary N) is 1. The van der Waals surface area contributed by atoms with Crippen molar-refractivity contribution in [1.82, 2.24) is 0 Å². The first-order chi connectivity index (χ1) is 15.2. The molecule has 2 aliphatic heterocycles. The number of carbonyl (C=O) groups is 2. The summed E-state index contributed by atoms with van der Waals surface area (Å²) in [5, 5.41) is 3.01. The van der Waals surface area contributed by atoms with E-state index in [0.717, 1.165) is 24.2 Å². The third kappa shape index (κ3) is 3.84. The summed E-state index contributed by atoms with van der Waals surface area (Å²) in [5.74, 6) is 0.151. The predicted molar refractivity (Wildman–Crippen MR) is 121 cm³/mol. The van der Waals surface area contributed by atoms with E-state index in [1.807, 2.05) is 36.4 Å². The fourth-order valence-electron chi connectivity index (χ4n) is 4.22. The van der Waals surface area contributed by atoms with Gasteiger partial charge in [0.15, 0.2) is 6.61 Å². The zero-order valence-electron chi connectivity index (χ0n) is 17.1. The second-order valence-electron chi connectivity index (χ2n) is 7.74. The Labute approximate surface area is 181 Å². The highest BCUT2D eigenvalue weighted by Crippen LogP contribution is 2.32. The molecule has 5 rings (SSSR count). The highest BCUT2D eigenvalue weighted by Gasteiger charge is 2.27. The number of nitrogens with zero attached hydrogens (tertiary/aromatic N) is 2. The first-order valence-electron chi connectivity index (χ1n) is 10.4. The number of anilines is 3. The van der Waals surface area contributed by atoms with E-state index in [2.05, 4.69) is 34.5 Å². The zero-order chi connectivity index (χ0) is 21.2. The fourth-order valence-corrected chi connectivity index (χ4v) is 4.22. The molecule has 0 fully saturated rings. The summed E-state index contributed by atoms with van der Waals surface area (Å²) in [6.07, 6.45) is 1.03. The highest BCUT2D eigenvalue weighted by atomic mass is 16.5. The molecule has 0 aromatic heterocycles. The van der Waals surface area contributed by atoms with E-state index in [1.54, 1.807) is 12.1 Å². The third-order valence-electron chi connectivity index (χ3n) is 5.75. The summed E-state index contributed by atoms with van der Waals surface area (Å²) in [7, 11) is 0. The SMILES string of the molecule is O=C(CN1C(=O)COc2ccccc21)Nc1ccccc1CN1CCc2ccccc21. The highest BCUT2D eigenvalue weighted by molar-refractivity contribution is 6.05. The van der Waals surface area contributed by atoms with Gasteiger partial charge in [-0.25, -0.2) is 0 Å². The first kappa shape index (κ1) is 19.2. The number of rotatable bonds is 5. The molecule has 6 nitrogen and oxygen atoms in total. The summed E-state index contributed by atoms with van der Waals surface area (Å²) in [5.41, 5.74) is 5.04. The summed E-state index contributed by atoms with van der Waals surface area (Å²) < 4.78 is 5.46. The molecule has 0 radical (unpaired) electrons. The zero-order valence-corrected chi connectivity index (χ0v) is 17.1. The fraction of sp³-hybridized carbons (Fsp3) is 0.200. The molecule has 0 spiro atoms. The van der Waals surface area contributed by atoms with Gasteiger partial charge in [0.25, 0.3) is 5.91 Å². The Bertz CT molecular complexity index is 1140. The van der Waals surface area contributed by atoms with Crippen LogP contribution in [0.5, 0.6) is 5.75 Å². The maximum atomic E-state index is 12.9. The topological polar surface area (TPSA) is 61.9 Å². The van der Waals surface area contributed by atoms with Crippen LogP contribution in [0.3, 0.4) is 0 Å². The molecule has 2 heterocycles. The molecular weight excluding hydrogens is 390 g/mol. The van der Waals surface area contributed by atoms with E-state index < -0.39 is 0 Å². The molecule has 0 atom stereocenters. The van der Waals surface area contributed by atoms with Crippen molar-refractivity contribution in [2.75, 3.05) is 34.8 Å². The van der Waals surface area contributed by atoms with Crippen molar-refractivity contribution in [2.45, 2.75) is 13.0 Å². The molecule has 0 saturated heterocycles. The van der Waals surface area contributed by atoms with Gasteiger partial charge >= 0.3 is 0 Å². The molecule has 3 aromatic rings. The van der Waals surface area contributed by atoms with Crippen LogP contribution < -0.4 is 19.9 Å². The largest absolute Gasteiger partial charge is 0.482 e. The Morgan fingerprint density at radius 1 is 0.935 bits per heavy atom. The normalized spacial score (nSPS) is 14.6. The maximum absolute atomic E-state index is 12.9. The lowest BCUT2D eigenvalue weighted by Crippen LogP contribution is -2.43. The molecule has 0 unspecified atom stereocenters. The molecule has 1 N–H and O–H groups in total. The van der Waals surface area contributed by atoms with E-state index in [0.29, 0.717) is 18.0 Å². The second kappa shape index (κ2) is 8.14. The van der Waals surface area contributed by atoms with Gasteiger partial charge in [-0.3, -0.25) is 14.5 Å². The number of ether oxygens (including phenoxy) is 1. The van der Waals surface area contributed by atoms with Crippen molar-refractivity contribution in [3.05, 3.63) is 83.9 Å². The van der Waals surface area contributed by atoms with E-state index in [9.17, 15) is 9.59 Å². The van der Waals surface area contributed by atoms with Crippen LogP contribution in [0.4, 0.5) is 17.1 Å². The Morgan fingerprint density at radius 2 is 1.68 bits per heavy atom. The van der Waals surface area contributed by atoms with E-state index in [4.69, 9.17) is 4.74 Å². The van der Waals surface area contributed by atoms with Crippen LogP contribution in [0, 0.1) is 0 Å². The molecule has 2 aliphatic rings. The molecule has 156 valence electrons. The van der Waals surface area contributed by atoms with Gasteiger partial charge in [0.05, 0.1) is 5.69 Å². The summed E-state index contributed by atoms with van der Waals surface area (Å²) in [6.45, 7) is 1.56. The summed E-state index contributed by atoms with van der Waals surface area (Å²) >= 11 is 0. The van der Waals surface area contributed by atoms with Crippen LogP contribution in [-0.4, -0.2) is 31.5 Å². The minimum atomic E-state index is -0.237. The first-order valence-corrected chi connectivity index (χ1v) is 10.4. The smallest absolute Gasteiger partial charge is 0.265 e. The van der Waals surface area contributed by atoms with Crippen molar-refractivity contribution in [3.8, 4) is 5.75 Å². The second-order valence-corrected chi connectivity index (χ2v) is 7.74. The van der Waals surface area contributed by atoms with E-state index in [-0.39, 0.29) is 25.0 Å². The average Bonchev–Trinajstić information content (AvgIpc) is 3.20. The lowest BCUT2D eigenvalue weighted by molar-refractivity contribution is -0.123. The lowest BCUT2D eigenvalue weighted by Gasteiger charge is -2.29. The van der Waals surface area contributed by atoms with E-state index >= 15 is 0 Å². The number of hydrogen-bond acceptors (Lipinski definition) is 4. The average molecular weight is 413 g/mol. The van der Waals surface area contributed by atoms with Gasteiger partial charge in [-0.1, -0.05) is 48.5 Å². The van der Waals surface area contributed by atoms with Crippen LogP contribution in [0.15, 0.2) is 72.8 Å². The quantitative estimate of drug-likeness (QED) is 0.694. The van der Waals surface area contributed by atoms with Gasteiger partial charge in [0.1, 0.15) is 12.3 Å². The molecule has 0 aliphatic carbocycles. The predicted octanol–water partition coefficient (Wildman–Crippen LogP) is 3.61. The molecule has 0 bridgehead atoms. The number of hydrogen-bond donors (Lipinski definition) is 1. The number of amides is 2. The number of benzene rings is 3. The number of para-hydroxylation sites is 4. The van der Waals surface area contributed by atoms with Crippen LogP contribution in [0.25, 0.3) is 0 Å². The molecule has 31 heavy (non-hydrogen) atoms. The van der Waals surface area contributed by atoms with Crippen LogP contribution in [0.1, 0.15) is 11.1 Å². The molecule has 0 saturated carbocycles. The van der Waals surface area contributed by atoms with E-state index in [1.165, 1.54) is 16.2 Å². The van der Waals surface area contributed by atoms with Gasteiger partial charge in [0, 0.05) is 24.5 Å². The molecule has 3 aromatic carbocycles. The molecular formula is C25H23N3O3. The van der Waals surface area contributed by atoms with Crippen LogP contribution >= 0.6 is 0 Å². The third-order valence-corrected chi connectivity index (χ3v) is 5.75. The Hall–Kier alpha value is -3.80. The van der Waals surface area contributed by atoms with Gasteiger partial charge in [-0.15, -0.1) is 0 Å². The van der Waals surface area contributed by atoms with Crippen LogP contribution in [0.2, 0.25) is 0 Å². The Balaban J connectivity index is 1.31. The summed E-state index contributed by atoms with van der Waals surface area (Å²) in [6, 6.07) is 23.5. The van der Waals surface area contributed by atoms with Gasteiger partial charge < -0.3 is 15.0 Å². The minimum absolute atomic E-state index is 0.0555. The Morgan fingerprint density at radius 3 is 2.58 bits per heavy atom. The molecule has 6 heteroatoms. The van der Waals surface area contributed by atoms with Crippen molar-refractivity contribution >= 4 is 28.9 Å². The van der Waals surface area contributed by atoms with Crippen molar-refractivity contribution in [1.29, 1.82) is 0 Å². The van der Waals surface area contributed by atoms with Crippen molar-refractivity contribution in [2.24, 2.45) is 0 Å². The van der Waals surface area contributed by atoms with Crippen molar-refractivity contribution in [3.63, 3.8) is 0 Å². The standard InChI is InChI=1S/C25H23N3O3/c29-24(16-28-22-11-5-6-12-23(22)31-17-25(28)30)26-20-9-3-1-8-19(20)15-27-14-13-18-7-2-4-10-21(18)27/h1-12H,13-17H2,(H,26,29). The Kier molecular flexibility index (Phi) is 5.04. The number of fused-ring (bicyclic) bond motifs is 2. The monoisotopic (exact) mass is 413 g/mol. The van der Waals surface area contributed by atoms with Crippen LogP contribution in [-0.2, 0) is 22.6 Å². The minimum Gasteiger partial charge on any atom is -0.482 e. The van der Waals surface area contributed by atoms with Gasteiger partial charge in [0.2, 0.25) is 5.91 Å². The van der Waals surface area contributed by atoms with Crippen molar-refractivity contribution < 1.29 is 14.3 Å². The van der Waals surface area contributed by atoms with Gasteiger partial charge in [-0.2, -0.15) is 0 Å². The molecule has 2 amide bonds. The number of carbonyl (C=O) groups excluding carboxylic acids is 2. The maximum Gasteiger partial charge on any atom is 0.265 e. The summed E-state index contributed by atoms with van der Waals surface area (Å²) in [4.78, 5) is 29.1. The van der Waals surface area contributed by atoms with Gasteiger partial charge in [-0.05, 0) is 41.8 Å². The lowest BCUT2D eigenvalue weighted by atomic mass is 10.1.